The first-order valence-corrected chi connectivity index (χ1v) is 8.43. The summed E-state index contributed by atoms with van der Waals surface area (Å²) in [7, 11) is -3.29. The second-order valence-electron chi connectivity index (χ2n) is 5.30. The molecular weight excluding hydrogens is 260 g/mol. The number of sulfonamides is 1. The molecule has 0 spiro atoms. The largest absolute Gasteiger partial charge is 0.313 e. The molecule has 0 amide bonds. The van der Waals surface area contributed by atoms with E-state index >= 15 is 0 Å². The van der Waals surface area contributed by atoms with Crippen molar-refractivity contribution in [3.63, 3.8) is 0 Å². The fraction of sp³-hybridized carbons (Fsp3) is 0.571. The van der Waals surface area contributed by atoms with Crippen LogP contribution >= 0.6 is 0 Å². The third kappa shape index (κ3) is 3.94. The highest BCUT2D eigenvalue weighted by atomic mass is 32.2. The summed E-state index contributed by atoms with van der Waals surface area (Å²) in [5, 5.41) is 3.27. The molecule has 1 heterocycles. The molecule has 1 fully saturated rings. The van der Waals surface area contributed by atoms with Gasteiger partial charge >= 0.3 is 0 Å². The number of piperidine rings is 1. The van der Waals surface area contributed by atoms with Gasteiger partial charge in [-0.3, -0.25) is 4.72 Å². The first-order chi connectivity index (χ1) is 8.98. The summed E-state index contributed by atoms with van der Waals surface area (Å²) in [6.45, 7) is 4.76. The second kappa shape index (κ2) is 5.92. The van der Waals surface area contributed by atoms with E-state index in [2.05, 4.69) is 10.0 Å². The summed E-state index contributed by atoms with van der Waals surface area (Å²) < 4.78 is 27.2. The van der Waals surface area contributed by atoms with Crippen LogP contribution < -0.4 is 10.0 Å². The predicted molar refractivity (Wildman–Crippen MR) is 79.0 cm³/mol. The molecule has 1 unspecified atom stereocenters. The third-order valence-electron chi connectivity index (χ3n) is 3.57. The smallest absolute Gasteiger partial charge is 0.234 e. The Balaban J connectivity index is 2.08. The van der Waals surface area contributed by atoms with Gasteiger partial charge in [0.2, 0.25) is 10.0 Å². The van der Waals surface area contributed by atoms with Gasteiger partial charge in [0, 0.05) is 6.04 Å². The molecule has 0 radical (unpaired) electrons. The van der Waals surface area contributed by atoms with Gasteiger partial charge in [-0.1, -0.05) is 24.6 Å². The molecule has 1 aliphatic heterocycles. The van der Waals surface area contributed by atoms with E-state index in [1.54, 1.807) is 0 Å². The van der Waals surface area contributed by atoms with Crippen molar-refractivity contribution in [3.05, 3.63) is 29.3 Å². The van der Waals surface area contributed by atoms with Crippen molar-refractivity contribution in [1.29, 1.82) is 0 Å². The van der Waals surface area contributed by atoms with Crippen LogP contribution in [-0.4, -0.2) is 26.8 Å². The number of rotatable bonds is 4. The summed E-state index contributed by atoms with van der Waals surface area (Å²) in [6.07, 6.45) is 3.19. The maximum atomic E-state index is 12.2. The van der Waals surface area contributed by atoms with Crippen molar-refractivity contribution in [3.8, 4) is 0 Å². The first kappa shape index (κ1) is 14.3. The molecule has 0 aromatic heterocycles. The average Bonchev–Trinajstić information content (AvgIpc) is 2.35. The lowest BCUT2D eigenvalue weighted by molar-refractivity contribution is 0.424. The Kier molecular flexibility index (Phi) is 4.47. The SMILES string of the molecule is Cc1cccc(C)c1NS(=O)(=O)CC1CCCCN1. The molecule has 1 aromatic rings. The lowest BCUT2D eigenvalue weighted by atomic mass is 10.1. The van der Waals surface area contributed by atoms with Crippen LogP contribution in [0.3, 0.4) is 0 Å². The molecule has 1 aromatic carbocycles. The van der Waals surface area contributed by atoms with Gasteiger partial charge in [-0.05, 0) is 44.4 Å². The van der Waals surface area contributed by atoms with E-state index in [4.69, 9.17) is 0 Å². The summed E-state index contributed by atoms with van der Waals surface area (Å²) in [5.41, 5.74) is 2.64. The number of aryl methyl sites for hydroxylation is 2. The molecule has 2 rings (SSSR count). The van der Waals surface area contributed by atoms with Crippen molar-refractivity contribution in [2.24, 2.45) is 0 Å². The Labute approximate surface area is 115 Å². The lowest BCUT2D eigenvalue weighted by Gasteiger charge is -2.24. The molecule has 5 heteroatoms. The molecule has 0 saturated carbocycles. The highest BCUT2D eigenvalue weighted by Crippen LogP contribution is 2.21. The fourth-order valence-electron chi connectivity index (χ4n) is 2.50. The van der Waals surface area contributed by atoms with Crippen LogP contribution in [0.5, 0.6) is 0 Å². The van der Waals surface area contributed by atoms with E-state index in [9.17, 15) is 8.42 Å². The molecule has 1 atom stereocenters. The zero-order valence-corrected chi connectivity index (χ0v) is 12.4. The quantitative estimate of drug-likeness (QED) is 0.890. The monoisotopic (exact) mass is 282 g/mol. The second-order valence-corrected chi connectivity index (χ2v) is 7.06. The van der Waals surface area contributed by atoms with E-state index < -0.39 is 10.0 Å². The van der Waals surface area contributed by atoms with Gasteiger partial charge in [0.25, 0.3) is 0 Å². The van der Waals surface area contributed by atoms with Gasteiger partial charge < -0.3 is 5.32 Å². The van der Waals surface area contributed by atoms with E-state index in [1.165, 1.54) is 0 Å². The molecule has 1 saturated heterocycles. The highest BCUT2D eigenvalue weighted by molar-refractivity contribution is 7.92. The van der Waals surface area contributed by atoms with Crippen LogP contribution in [0.1, 0.15) is 30.4 Å². The van der Waals surface area contributed by atoms with Crippen molar-refractivity contribution in [2.75, 3.05) is 17.0 Å². The molecule has 0 aliphatic carbocycles. The average molecular weight is 282 g/mol. The molecule has 106 valence electrons. The minimum absolute atomic E-state index is 0.0792. The molecule has 1 aliphatic rings. The van der Waals surface area contributed by atoms with Gasteiger partial charge in [0.05, 0.1) is 11.4 Å². The maximum absolute atomic E-state index is 12.2. The van der Waals surface area contributed by atoms with Gasteiger partial charge in [-0.25, -0.2) is 8.42 Å². The Hall–Kier alpha value is -1.07. The van der Waals surface area contributed by atoms with Gasteiger partial charge in [-0.2, -0.15) is 0 Å². The van der Waals surface area contributed by atoms with Crippen molar-refractivity contribution in [2.45, 2.75) is 39.2 Å². The number of nitrogens with one attached hydrogen (secondary N) is 2. The van der Waals surface area contributed by atoms with E-state index in [0.29, 0.717) is 0 Å². The summed E-state index contributed by atoms with van der Waals surface area (Å²) >= 11 is 0. The van der Waals surface area contributed by atoms with E-state index in [-0.39, 0.29) is 11.8 Å². The first-order valence-electron chi connectivity index (χ1n) is 6.78. The van der Waals surface area contributed by atoms with Crippen molar-refractivity contribution < 1.29 is 8.42 Å². The van der Waals surface area contributed by atoms with Crippen LogP contribution in [0, 0.1) is 13.8 Å². The van der Waals surface area contributed by atoms with Crippen LogP contribution in [0.4, 0.5) is 5.69 Å². The Morgan fingerprint density at radius 3 is 2.53 bits per heavy atom. The number of anilines is 1. The van der Waals surface area contributed by atoms with Crippen molar-refractivity contribution in [1.82, 2.24) is 5.32 Å². The minimum atomic E-state index is -3.29. The van der Waals surface area contributed by atoms with Gasteiger partial charge in [0.15, 0.2) is 0 Å². The Morgan fingerprint density at radius 1 is 1.26 bits per heavy atom. The Morgan fingerprint density at radius 2 is 1.95 bits per heavy atom. The predicted octanol–water partition coefficient (Wildman–Crippen LogP) is 2.19. The van der Waals surface area contributed by atoms with Gasteiger partial charge in [-0.15, -0.1) is 0 Å². The normalized spacial score (nSPS) is 20.2. The standard InChI is InChI=1S/C14H22N2O2S/c1-11-6-5-7-12(2)14(11)16-19(17,18)10-13-8-3-4-9-15-13/h5-7,13,15-16H,3-4,8-10H2,1-2H3. The molecule has 2 N–H and O–H groups in total. The van der Waals surface area contributed by atoms with Gasteiger partial charge in [0.1, 0.15) is 0 Å². The molecular formula is C14H22N2O2S. The topological polar surface area (TPSA) is 58.2 Å². The number of benzene rings is 1. The summed E-state index contributed by atoms with van der Waals surface area (Å²) in [4.78, 5) is 0. The third-order valence-corrected chi connectivity index (χ3v) is 4.93. The van der Waals surface area contributed by atoms with E-state index in [0.717, 1.165) is 42.6 Å². The summed E-state index contributed by atoms with van der Waals surface area (Å²) in [5.74, 6) is 0.154. The number of hydrogen-bond acceptors (Lipinski definition) is 3. The van der Waals surface area contributed by atoms with Crippen LogP contribution in [0.2, 0.25) is 0 Å². The van der Waals surface area contributed by atoms with Crippen molar-refractivity contribution >= 4 is 15.7 Å². The van der Waals surface area contributed by atoms with Crippen LogP contribution in [0.25, 0.3) is 0 Å². The Bertz CT molecular complexity index is 514. The zero-order valence-electron chi connectivity index (χ0n) is 11.6. The van der Waals surface area contributed by atoms with E-state index in [1.807, 2.05) is 32.0 Å². The molecule has 0 bridgehead atoms. The molecule has 4 nitrogen and oxygen atoms in total. The number of para-hydroxylation sites is 1. The lowest BCUT2D eigenvalue weighted by Crippen LogP contribution is -2.40. The van der Waals surface area contributed by atoms with Crippen LogP contribution in [-0.2, 0) is 10.0 Å². The molecule has 19 heavy (non-hydrogen) atoms. The zero-order chi connectivity index (χ0) is 13.9. The summed E-state index contributed by atoms with van der Waals surface area (Å²) in [6, 6.07) is 5.86. The highest BCUT2D eigenvalue weighted by Gasteiger charge is 2.21. The van der Waals surface area contributed by atoms with Crippen LogP contribution in [0.15, 0.2) is 18.2 Å². The minimum Gasteiger partial charge on any atom is -0.313 e. The fourth-order valence-corrected chi connectivity index (χ4v) is 4.03. The number of hydrogen-bond donors (Lipinski definition) is 2. The maximum Gasteiger partial charge on any atom is 0.234 e.